The Kier molecular flexibility index (Phi) is 6.07. The SMILES string of the molecule is O=C(O)Oc1cccc(-c2cccc(N=Nc3c(O)n(C4CCNCC4)c4ccccc34)c2O)c1. The third-order valence-electron chi connectivity index (χ3n) is 6.16. The van der Waals surface area contributed by atoms with Crippen LogP contribution in [0, 0.1) is 0 Å². The second-order valence-corrected chi connectivity index (χ2v) is 8.31. The van der Waals surface area contributed by atoms with Crippen molar-refractivity contribution in [2.24, 2.45) is 10.2 Å². The number of para-hydroxylation sites is 2. The Morgan fingerprint density at radius 1 is 0.971 bits per heavy atom. The van der Waals surface area contributed by atoms with Crippen molar-refractivity contribution in [2.45, 2.75) is 18.9 Å². The molecule has 1 saturated heterocycles. The molecule has 0 bridgehead atoms. The number of carboxylic acid groups (broad SMARTS) is 1. The van der Waals surface area contributed by atoms with Gasteiger partial charge < -0.3 is 29.9 Å². The molecule has 0 saturated carbocycles. The number of aromatic hydroxyl groups is 2. The van der Waals surface area contributed by atoms with Crippen LogP contribution in [0.25, 0.3) is 22.0 Å². The van der Waals surface area contributed by atoms with Gasteiger partial charge in [0.15, 0.2) is 11.4 Å². The average Bonchev–Trinajstić information content (AvgIpc) is 3.14. The molecule has 0 aliphatic carbocycles. The number of piperidine rings is 1. The van der Waals surface area contributed by atoms with Gasteiger partial charge in [-0.2, -0.15) is 0 Å². The zero-order valence-corrected chi connectivity index (χ0v) is 18.8. The lowest BCUT2D eigenvalue weighted by Gasteiger charge is -2.25. The highest BCUT2D eigenvalue weighted by Crippen LogP contribution is 2.44. The fraction of sp³-hybridized carbons (Fsp3) is 0.192. The molecule has 1 aromatic heterocycles. The second kappa shape index (κ2) is 9.47. The number of aromatic nitrogens is 1. The van der Waals surface area contributed by atoms with E-state index in [9.17, 15) is 15.0 Å². The van der Waals surface area contributed by atoms with Crippen molar-refractivity contribution in [2.75, 3.05) is 13.1 Å². The summed E-state index contributed by atoms with van der Waals surface area (Å²) in [7, 11) is 0. The van der Waals surface area contributed by atoms with E-state index in [1.54, 1.807) is 30.3 Å². The van der Waals surface area contributed by atoms with Gasteiger partial charge in [0.1, 0.15) is 11.4 Å². The normalized spacial score (nSPS) is 14.5. The molecule has 178 valence electrons. The Balaban J connectivity index is 1.52. The molecule has 4 N–H and O–H groups in total. The summed E-state index contributed by atoms with van der Waals surface area (Å²) in [5.74, 6) is 0.0680. The van der Waals surface area contributed by atoms with Crippen LogP contribution in [-0.4, -0.2) is 39.1 Å². The number of carbonyl (C=O) groups is 1. The summed E-state index contributed by atoms with van der Waals surface area (Å²) in [5.41, 5.74) is 2.45. The number of phenolic OH excluding ortho intramolecular Hbond substituents is 1. The van der Waals surface area contributed by atoms with Gasteiger partial charge >= 0.3 is 6.16 Å². The van der Waals surface area contributed by atoms with Gasteiger partial charge in [-0.15, -0.1) is 10.2 Å². The van der Waals surface area contributed by atoms with E-state index in [0.717, 1.165) is 36.8 Å². The number of phenols is 1. The lowest BCUT2D eigenvalue weighted by atomic mass is 10.0. The van der Waals surface area contributed by atoms with E-state index >= 15 is 0 Å². The van der Waals surface area contributed by atoms with Gasteiger partial charge in [-0.1, -0.05) is 42.5 Å². The van der Waals surface area contributed by atoms with Crippen LogP contribution < -0.4 is 10.1 Å². The zero-order chi connectivity index (χ0) is 24.4. The Labute approximate surface area is 200 Å². The number of rotatable bonds is 5. The maximum Gasteiger partial charge on any atom is 0.511 e. The molecule has 1 aliphatic heterocycles. The van der Waals surface area contributed by atoms with Gasteiger partial charge in [0.05, 0.1) is 5.52 Å². The summed E-state index contributed by atoms with van der Waals surface area (Å²) in [5, 5.41) is 43.6. The van der Waals surface area contributed by atoms with Crippen molar-refractivity contribution in [3.05, 3.63) is 66.7 Å². The van der Waals surface area contributed by atoms with Crippen molar-refractivity contribution in [3.8, 4) is 28.5 Å². The minimum atomic E-state index is -1.42. The lowest BCUT2D eigenvalue weighted by molar-refractivity contribution is 0.144. The molecule has 0 unspecified atom stereocenters. The third-order valence-corrected chi connectivity index (χ3v) is 6.16. The zero-order valence-electron chi connectivity index (χ0n) is 18.8. The van der Waals surface area contributed by atoms with E-state index in [1.165, 1.54) is 12.1 Å². The molecular weight excluding hydrogens is 448 g/mol. The Hall–Kier alpha value is -4.37. The number of fused-ring (bicyclic) bond motifs is 1. The molecule has 1 fully saturated rings. The van der Waals surface area contributed by atoms with Crippen LogP contribution in [-0.2, 0) is 0 Å². The third kappa shape index (κ3) is 4.41. The number of hydrogen-bond donors (Lipinski definition) is 4. The van der Waals surface area contributed by atoms with Crippen molar-refractivity contribution >= 4 is 28.4 Å². The van der Waals surface area contributed by atoms with Crippen LogP contribution in [0.3, 0.4) is 0 Å². The molecule has 1 aliphatic rings. The number of ether oxygens (including phenoxy) is 1. The lowest BCUT2D eigenvalue weighted by Crippen LogP contribution is -2.29. The maximum atomic E-state index is 11.1. The van der Waals surface area contributed by atoms with Crippen molar-refractivity contribution in [3.63, 3.8) is 0 Å². The van der Waals surface area contributed by atoms with Gasteiger partial charge in [-0.25, -0.2) is 4.79 Å². The first-order valence-corrected chi connectivity index (χ1v) is 11.3. The highest BCUT2D eigenvalue weighted by atomic mass is 16.7. The Morgan fingerprint density at radius 2 is 1.74 bits per heavy atom. The number of azo groups is 1. The van der Waals surface area contributed by atoms with Crippen LogP contribution in [0.4, 0.5) is 16.2 Å². The summed E-state index contributed by atoms with van der Waals surface area (Å²) in [6, 6.07) is 19.2. The Bertz CT molecular complexity index is 1420. The Morgan fingerprint density at radius 3 is 2.54 bits per heavy atom. The summed E-state index contributed by atoms with van der Waals surface area (Å²) in [4.78, 5) is 10.9. The first-order valence-electron chi connectivity index (χ1n) is 11.3. The van der Waals surface area contributed by atoms with Crippen LogP contribution in [0.5, 0.6) is 17.4 Å². The van der Waals surface area contributed by atoms with E-state index in [-0.39, 0.29) is 29.1 Å². The number of nitrogens with zero attached hydrogens (tertiary/aromatic N) is 3. The van der Waals surface area contributed by atoms with Gasteiger partial charge in [0.25, 0.3) is 0 Å². The van der Waals surface area contributed by atoms with E-state index < -0.39 is 6.16 Å². The van der Waals surface area contributed by atoms with Crippen molar-refractivity contribution in [1.82, 2.24) is 9.88 Å². The largest absolute Gasteiger partial charge is 0.511 e. The standard InChI is InChI=1S/C26H24N4O5/c31-24-19(16-5-3-6-18(15-16)35-26(33)34)8-4-9-21(24)28-29-23-20-7-1-2-10-22(20)30(25(23)32)17-11-13-27-14-12-17/h1-10,15,17,27,31-32H,11-14H2,(H,33,34). The van der Waals surface area contributed by atoms with Gasteiger partial charge in [-0.05, 0) is 55.8 Å². The molecule has 35 heavy (non-hydrogen) atoms. The molecule has 0 radical (unpaired) electrons. The van der Waals surface area contributed by atoms with Gasteiger partial charge in [0.2, 0.25) is 5.88 Å². The summed E-state index contributed by atoms with van der Waals surface area (Å²) in [6.07, 6.45) is 0.379. The minimum Gasteiger partial charge on any atom is -0.505 e. The molecule has 5 rings (SSSR count). The van der Waals surface area contributed by atoms with Crippen LogP contribution in [0.1, 0.15) is 18.9 Å². The summed E-state index contributed by atoms with van der Waals surface area (Å²) < 4.78 is 6.64. The predicted molar refractivity (Wildman–Crippen MR) is 131 cm³/mol. The second-order valence-electron chi connectivity index (χ2n) is 8.31. The first kappa shape index (κ1) is 22.4. The number of benzene rings is 3. The first-order chi connectivity index (χ1) is 17.0. The topological polar surface area (TPSA) is 129 Å². The summed E-state index contributed by atoms with van der Waals surface area (Å²) in [6.45, 7) is 1.76. The van der Waals surface area contributed by atoms with Crippen LogP contribution in [0.15, 0.2) is 77.0 Å². The monoisotopic (exact) mass is 472 g/mol. The molecule has 4 aromatic rings. The smallest absolute Gasteiger partial charge is 0.505 e. The molecule has 2 heterocycles. The highest BCUT2D eigenvalue weighted by molar-refractivity contribution is 5.95. The predicted octanol–water partition coefficient (Wildman–Crippen LogP) is 6.12. The number of hydrogen-bond acceptors (Lipinski definition) is 7. The molecular formula is C26H24N4O5. The number of nitrogens with one attached hydrogen (secondary N) is 1. The fourth-order valence-corrected chi connectivity index (χ4v) is 4.54. The van der Waals surface area contributed by atoms with E-state index in [1.807, 2.05) is 28.8 Å². The van der Waals surface area contributed by atoms with E-state index in [2.05, 4.69) is 15.5 Å². The van der Waals surface area contributed by atoms with E-state index in [0.29, 0.717) is 16.8 Å². The van der Waals surface area contributed by atoms with Crippen LogP contribution >= 0.6 is 0 Å². The van der Waals surface area contributed by atoms with E-state index in [4.69, 9.17) is 9.84 Å². The molecule has 9 nitrogen and oxygen atoms in total. The molecule has 9 heteroatoms. The van der Waals surface area contributed by atoms with Gasteiger partial charge in [0, 0.05) is 17.0 Å². The van der Waals surface area contributed by atoms with Crippen LogP contribution in [0.2, 0.25) is 0 Å². The molecule has 0 spiro atoms. The molecule has 0 atom stereocenters. The highest BCUT2D eigenvalue weighted by Gasteiger charge is 2.24. The maximum absolute atomic E-state index is 11.1. The quantitative estimate of drug-likeness (QED) is 0.157. The van der Waals surface area contributed by atoms with Crippen molar-refractivity contribution < 1.29 is 24.9 Å². The fourth-order valence-electron chi connectivity index (χ4n) is 4.54. The molecule has 3 aromatic carbocycles. The minimum absolute atomic E-state index is 0.0519. The average molecular weight is 473 g/mol. The summed E-state index contributed by atoms with van der Waals surface area (Å²) >= 11 is 0. The van der Waals surface area contributed by atoms with Gasteiger partial charge in [-0.3, -0.25) is 0 Å². The van der Waals surface area contributed by atoms with Crippen molar-refractivity contribution in [1.29, 1.82) is 0 Å². The molecule has 0 amide bonds.